The predicted molar refractivity (Wildman–Crippen MR) is 92.9 cm³/mol. The van der Waals surface area contributed by atoms with Gasteiger partial charge >= 0.3 is 12.1 Å². The highest BCUT2D eigenvalue weighted by molar-refractivity contribution is 5.73. The Labute approximate surface area is 164 Å². The SMILES string of the molecule is O=C(O)C(F)(F)F.O[C@@H]1[C@H](O)C[C@]23CCCN2CCc2cc4c(cc2[C@H]13)OCO4. The van der Waals surface area contributed by atoms with E-state index in [1.54, 1.807) is 0 Å². The summed E-state index contributed by atoms with van der Waals surface area (Å²) in [5, 5.41) is 28.2. The first kappa shape index (κ1) is 20.2. The second-order valence-electron chi connectivity index (χ2n) is 7.89. The molecule has 0 amide bonds. The van der Waals surface area contributed by atoms with Crippen LogP contribution in [0, 0.1) is 0 Å². The number of halogens is 3. The molecule has 0 aromatic heterocycles. The van der Waals surface area contributed by atoms with Gasteiger partial charge in [-0.3, -0.25) is 4.90 Å². The number of carbonyl (C=O) groups is 1. The van der Waals surface area contributed by atoms with Gasteiger partial charge in [0.05, 0.1) is 12.2 Å². The molecule has 0 bridgehead atoms. The lowest BCUT2D eigenvalue weighted by molar-refractivity contribution is -0.192. The van der Waals surface area contributed by atoms with E-state index in [0.717, 1.165) is 49.4 Å². The average molecular weight is 417 g/mol. The predicted octanol–water partition coefficient (Wildman–Crippen LogP) is 1.65. The number of hydrogen-bond donors (Lipinski definition) is 3. The summed E-state index contributed by atoms with van der Waals surface area (Å²) in [5.41, 5.74) is 2.30. The summed E-state index contributed by atoms with van der Waals surface area (Å²) in [6.45, 7) is 2.32. The molecule has 29 heavy (non-hydrogen) atoms. The van der Waals surface area contributed by atoms with E-state index in [1.807, 2.05) is 6.07 Å². The van der Waals surface area contributed by atoms with Crippen molar-refractivity contribution in [3.63, 3.8) is 0 Å². The Morgan fingerprint density at radius 3 is 2.48 bits per heavy atom. The molecule has 1 aromatic rings. The summed E-state index contributed by atoms with van der Waals surface area (Å²) < 4.78 is 42.8. The molecule has 3 N–H and O–H groups in total. The molecular weight excluding hydrogens is 395 g/mol. The Morgan fingerprint density at radius 1 is 1.17 bits per heavy atom. The lowest BCUT2D eigenvalue weighted by Gasteiger charge is -2.39. The van der Waals surface area contributed by atoms with Crippen LogP contribution in [0.15, 0.2) is 12.1 Å². The number of carboxylic acid groups (broad SMARTS) is 1. The number of fused-ring (bicyclic) bond motifs is 3. The minimum absolute atomic E-state index is 0.0306. The molecule has 7 nitrogen and oxygen atoms in total. The van der Waals surface area contributed by atoms with Crippen LogP contribution in [0.5, 0.6) is 11.5 Å². The molecule has 1 saturated carbocycles. The second kappa shape index (κ2) is 7.03. The van der Waals surface area contributed by atoms with Crippen molar-refractivity contribution in [2.75, 3.05) is 19.9 Å². The number of ether oxygens (including phenoxy) is 2. The summed E-state index contributed by atoms with van der Waals surface area (Å²) in [6, 6.07) is 4.12. The molecular formula is C19H22F3NO6. The molecule has 4 atom stereocenters. The Morgan fingerprint density at radius 2 is 1.83 bits per heavy atom. The van der Waals surface area contributed by atoms with E-state index in [9.17, 15) is 23.4 Å². The number of rotatable bonds is 0. The minimum atomic E-state index is -5.08. The topological polar surface area (TPSA) is 99.5 Å². The van der Waals surface area contributed by atoms with Gasteiger partial charge in [-0.15, -0.1) is 0 Å². The molecule has 1 saturated heterocycles. The van der Waals surface area contributed by atoms with Gasteiger partial charge in [-0.25, -0.2) is 4.79 Å². The van der Waals surface area contributed by atoms with Gasteiger partial charge in [0, 0.05) is 18.0 Å². The van der Waals surface area contributed by atoms with Gasteiger partial charge in [0.15, 0.2) is 11.5 Å². The molecule has 5 rings (SSSR count). The number of nitrogens with zero attached hydrogens (tertiary/aromatic N) is 1. The third kappa shape index (κ3) is 3.32. The largest absolute Gasteiger partial charge is 0.490 e. The van der Waals surface area contributed by atoms with Gasteiger partial charge in [-0.1, -0.05) is 0 Å². The third-order valence-electron chi connectivity index (χ3n) is 6.41. The van der Waals surface area contributed by atoms with Gasteiger partial charge in [-0.2, -0.15) is 13.2 Å². The van der Waals surface area contributed by atoms with Crippen molar-refractivity contribution < 1.29 is 42.8 Å². The summed E-state index contributed by atoms with van der Waals surface area (Å²) in [7, 11) is 0. The number of aliphatic carboxylic acids is 1. The molecule has 10 heteroatoms. The van der Waals surface area contributed by atoms with Crippen molar-refractivity contribution in [2.45, 2.75) is 55.5 Å². The van der Waals surface area contributed by atoms with Crippen LogP contribution < -0.4 is 9.47 Å². The number of benzene rings is 1. The maximum Gasteiger partial charge on any atom is 0.490 e. The fourth-order valence-corrected chi connectivity index (χ4v) is 5.26. The molecule has 3 aliphatic heterocycles. The van der Waals surface area contributed by atoms with Crippen LogP contribution in [-0.2, 0) is 11.2 Å². The van der Waals surface area contributed by atoms with Gasteiger partial charge in [0.1, 0.15) is 0 Å². The van der Waals surface area contributed by atoms with E-state index in [4.69, 9.17) is 19.4 Å². The zero-order valence-electron chi connectivity index (χ0n) is 15.5. The van der Waals surface area contributed by atoms with E-state index >= 15 is 0 Å². The number of hydrogen-bond acceptors (Lipinski definition) is 6. The summed E-state index contributed by atoms with van der Waals surface area (Å²) in [5.74, 6) is -1.21. The highest BCUT2D eigenvalue weighted by Crippen LogP contribution is 2.55. The Bertz CT molecular complexity index is 816. The van der Waals surface area contributed by atoms with E-state index in [0.29, 0.717) is 6.42 Å². The van der Waals surface area contributed by atoms with Gasteiger partial charge in [0.2, 0.25) is 6.79 Å². The number of alkyl halides is 3. The zero-order chi connectivity index (χ0) is 21.0. The van der Waals surface area contributed by atoms with E-state index < -0.39 is 24.4 Å². The molecule has 1 aromatic carbocycles. The normalized spacial score (nSPS) is 32.5. The summed E-state index contributed by atoms with van der Waals surface area (Å²) in [4.78, 5) is 11.4. The first-order valence-electron chi connectivity index (χ1n) is 9.47. The third-order valence-corrected chi connectivity index (χ3v) is 6.41. The van der Waals surface area contributed by atoms with Gasteiger partial charge in [0.25, 0.3) is 0 Å². The lowest BCUT2D eigenvalue weighted by Crippen LogP contribution is -2.46. The molecule has 0 radical (unpaired) electrons. The fraction of sp³-hybridized carbons (Fsp3) is 0.632. The summed E-state index contributed by atoms with van der Waals surface area (Å²) in [6.07, 6.45) is -2.57. The van der Waals surface area contributed by atoms with E-state index in [1.165, 1.54) is 5.56 Å². The molecule has 160 valence electrons. The van der Waals surface area contributed by atoms with Crippen molar-refractivity contribution in [2.24, 2.45) is 0 Å². The summed E-state index contributed by atoms with van der Waals surface area (Å²) >= 11 is 0. The molecule has 2 fully saturated rings. The first-order chi connectivity index (χ1) is 13.6. The molecule has 1 spiro atoms. The van der Waals surface area contributed by atoms with Crippen molar-refractivity contribution in [3.8, 4) is 11.5 Å². The Hall–Kier alpha value is -2.04. The van der Waals surface area contributed by atoms with E-state index in [-0.39, 0.29) is 18.2 Å². The highest BCUT2D eigenvalue weighted by atomic mass is 19.4. The van der Waals surface area contributed by atoms with Crippen LogP contribution >= 0.6 is 0 Å². The van der Waals surface area contributed by atoms with Crippen molar-refractivity contribution in [3.05, 3.63) is 23.3 Å². The smallest absolute Gasteiger partial charge is 0.475 e. The van der Waals surface area contributed by atoms with Crippen LogP contribution in [-0.4, -0.2) is 70.0 Å². The number of carboxylic acids is 1. The number of aliphatic hydroxyl groups is 2. The molecule has 3 heterocycles. The minimum Gasteiger partial charge on any atom is -0.475 e. The standard InChI is InChI=1S/C17H21NO4.C2HF3O2/c19-12-8-17-3-1-4-18(17)5-2-10-6-13-14(22-9-21-13)7-11(10)15(17)16(12)20;3-2(4,5)1(6)7/h6-7,12,15-16,19-20H,1-5,8-9H2;(H,6,7)/t12-,15-,16-,17+;/m1./s1. The Balaban J connectivity index is 0.000000255. The van der Waals surface area contributed by atoms with Crippen molar-refractivity contribution in [1.29, 1.82) is 0 Å². The molecule has 4 aliphatic rings. The Kier molecular flexibility index (Phi) is 4.91. The fourth-order valence-electron chi connectivity index (χ4n) is 5.26. The average Bonchev–Trinajstić information content (AvgIpc) is 3.29. The maximum absolute atomic E-state index is 10.7. The molecule has 0 unspecified atom stereocenters. The van der Waals surface area contributed by atoms with E-state index in [2.05, 4.69) is 11.0 Å². The van der Waals surface area contributed by atoms with Crippen LogP contribution in [0.25, 0.3) is 0 Å². The first-order valence-corrected chi connectivity index (χ1v) is 9.47. The quantitative estimate of drug-likeness (QED) is 0.590. The monoisotopic (exact) mass is 417 g/mol. The van der Waals surface area contributed by atoms with Gasteiger partial charge < -0.3 is 24.8 Å². The van der Waals surface area contributed by atoms with Crippen LogP contribution in [0.2, 0.25) is 0 Å². The van der Waals surface area contributed by atoms with Gasteiger partial charge in [-0.05, 0) is 55.5 Å². The lowest BCUT2D eigenvalue weighted by atomic mass is 9.78. The maximum atomic E-state index is 10.7. The number of aliphatic hydroxyl groups excluding tert-OH is 2. The van der Waals surface area contributed by atoms with Crippen LogP contribution in [0.3, 0.4) is 0 Å². The van der Waals surface area contributed by atoms with Crippen molar-refractivity contribution >= 4 is 5.97 Å². The van der Waals surface area contributed by atoms with Crippen LogP contribution in [0.4, 0.5) is 13.2 Å². The second-order valence-corrected chi connectivity index (χ2v) is 7.89. The van der Waals surface area contributed by atoms with Crippen LogP contribution in [0.1, 0.15) is 36.3 Å². The zero-order valence-corrected chi connectivity index (χ0v) is 15.5. The van der Waals surface area contributed by atoms with Crippen molar-refractivity contribution in [1.82, 2.24) is 4.90 Å². The highest BCUT2D eigenvalue weighted by Gasteiger charge is 2.59. The molecule has 1 aliphatic carbocycles.